The Kier molecular flexibility index (Phi) is 2.69. The van der Waals surface area contributed by atoms with E-state index in [9.17, 15) is 4.79 Å². The first-order chi connectivity index (χ1) is 7.65. The number of carbonyl (C=O) groups is 1. The summed E-state index contributed by atoms with van der Waals surface area (Å²) in [6, 6.07) is 7.62. The van der Waals surface area contributed by atoms with E-state index in [1.165, 1.54) is 0 Å². The van der Waals surface area contributed by atoms with Gasteiger partial charge in [0.25, 0.3) is 0 Å². The smallest absolute Gasteiger partial charge is 0.314 e. The van der Waals surface area contributed by atoms with Gasteiger partial charge in [-0.1, -0.05) is 25.1 Å². The maximum Gasteiger partial charge on any atom is 0.314 e. The Bertz CT molecular complexity index is 525. The van der Waals surface area contributed by atoms with E-state index in [-0.39, 0.29) is 0 Å². The minimum absolute atomic E-state index is 0.538. The number of carboxylic acids is 1. The van der Waals surface area contributed by atoms with Gasteiger partial charge in [0.2, 0.25) is 0 Å². The summed E-state index contributed by atoms with van der Waals surface area (Å²) in [6.45, 7) is 3.76. The molecule has 1 N–H and O–H groups in total. The molecule has 0 amide bonds. The van der Waals surface area contributed by atoms with Gasteiger partial charge in [0.1, 0.15) is 17.3 Å². The Morgan fingerprint density at radius 3 is 2.69 bits per heavy atom. The van der Waals surface area contributed by atoms with E-state index in [1.807, 2.05) is 38.1 Å². The van der Waals surface area contributed by atoms with Crippen LogP contribution in [0.5, 0.6) is 0 Å². The zero-order chi connectivity index (χ0) is 11.7. The van der Waals surface area contributed by atoms with Crippen LogP contribution in [0.3, 0.4) is 0 Å². The standard InChI is InChI=1S/C13H14O3/c1-3-9(13(14)15)12-8(2)10-6-4-5-7-11(10)16-12/h4-7,9H,3H2,1-2H3,(H,14,15). The lowest BCUT2D eigenvalue weighted by Crippen LogP contribution is -2.10. The van der Waals surface area contributed by atoms with Gasteiger partial charge in [0, 0.05) is 5.39 Å². The first-order valence-corrected chi connectivity index (χ1v) is 5.36. The minimum atomic E-state index is -0.829. The van der Waals surface area contributed by atoms with E-state index in [2.05, 4.69) is 0 Å². The topological polar surface area (TPSA) is 50.4 Å². The highest BCUT2D eigenvalue weighted by Crippen LogP contribution is 2.31. The molecule has 0 bridgehead atoms. The SMILES string of the molecule is CCC(C(=O)O)c1oc2ccccc2c1C. The number of fused-ring (bicyclic) bond motifs is 1. The molecule has 1 aromatic carbocycles. The van der Waals surface area contributed by atoms with Crippen molar-refractivity contribution in [3.63, 3.8) is 0 Å². The van der Waals surface area contributed by atoms with Crippen molar-refractivity contribution in [2.24, 2.45) is 0 Å². The highest BCUT2D eigenvalue weighted by molar-refractivity contribution is 5.85. The average molecular weight is 218 g/mol. The van der Waals surface area contributed by atoms with Crippen LogP contribution in [0.25, 0.3) is 11.0 Å². The van der Waals surface area contributed by atoms with Gasteiger partial charge in [-0.3, -0.25) is 4.79 Å². The van der Waals surface area contributed by atoms with Gasteiger partial charge in [-0.15, -0.1) is 0 Å². The molecule has 84 valence electrons. The molecule has 0 aliphatic heterocycles. The molecule has 1 unspecified atom stereocenters. The lowest BCUT2D eigenvalue weighted by molar-refractivity contribution is -0.139. The lowest BCUT2D eigenvalue weighted by atomic mass is 9.99. The monoisotopic (exact) mass is 218 g/mol. The van der Waals surface area contributed by atoms with Crippen LogP contribution in [0, 0.1) is 6.92 Å². The first-order valence-electron chi connectivity index (χ1n) is 5.36. The zero-order valence-corrected chi connectivity index (χ0v) is 9.36. The molecule has 1 heterocycles. The third-order valence-electron chi connectivity index (χ3n) is 2.90. The number of carboxylic acid groups (broad SMARTS) is 1. The van der Waals surface area contributed by atoms with E-state index in [1.54, 1.807) is 0 Å². The third-order valence-corrected chi connectivity index (χ3v) is 2.90. The van der Waals surface area contributed by atoms with Crippen LogP contribution in [-0.4, -0.2) is 11.1 Å². The summed E-state index contributed by atoms with van der Waals surface area (Å²) in [6.07, 6.45) is 0.538. The molecule has 0 fully saturated rings. The quantitative estimate of drug-likeness (QED) is 0.859. The van der Waals surface area contributed by atoms with Crippen LogP contribution in [0.1, 0.15) is 30.6 Å². The molecule has 0 saturated heterocycles. The van der Waals surface area contributed by atoms with Gasteiger partial charge in [-0.25, -0.2) is 0 Å². The second-order valence-electron chi connectivity index (χ2n) is 3.89. The fraction of sp³-hybridized carbons (Fsp3) is 0.308. The molecule has 1 aromatic heterocycles. The molecule has 0 radical (unpaired) electrons. The number of para-hydroxylation sites is 1. The molecule has 0 aliphatic carbocycles. The second-order valence-corrected chi connectivity index (χ2v) is 3.89. The number of hydrogen-bond acceptors (Lipinski definition) is 2. The normalized spacial score (nSPS) is 12.9. The van der Waals surface area contributed by atoms with Crippen LogP contribution in [-0.2, 0) is 4.79 Å². The summed E-state index contributed by atoms with van der Waals surface area (Å²) in [5, 5.41) is 10.1. The maximum absolute atomic E-state index is 11.1. The van der Waals surface area contributed by atoms with Crippen LogP contribution in [0.2, 0.25) is 0 Å². The van der Waals surface area contributed by atoms with E-state index < -0.39 is 11.9 Å². The molecule has 2 aromatic rings. The van der Waals surface area contributed by atoms with Gasteiger partial charge < -0.3 is 9.52 Å². The van der Waals surface area contributed by atoms with E-state index in [0.29, 0.717) is 12.2 Å². The molecule has 0 aliphatic rings. The van der Waals surface area contributed by atoms with E-state index in [4.69, 9.17) is 9.52 Å². The van der Waals surface area contributed by atoms with E-state index >= 15 is 0 Å². The fourth-order valence-electron chi connectivity index (χ4n) is 2.00. The Labute approximate surface area is 93.7 Å². The van der Waals surface area contributed by atoms with Crippen molar-refractivity contribution in [3.8, 4) is 0 Å². The van der Waals surface area contributed by atoms with Crippen LogP contribution in [0.15, 0.2) is 28.7 Å². The number of benzene rings is 1. The molecule has 0 spiro atoms. The molecule has 16 heavy (non-hydrogen) atoms. The minimum Gasteiger partial charge on any atom is -0.481 e. The van der Waals surface area contributed by atoms with Crippen LogP contribution >= 0.6 is 0 Å². The lowest BCUT2D eigenvalue weighted by Gasteiger charge is -2.06. The maximum atomic E-state index is 11.1. The number of hydrogen-bond donors (Lipinski definition) is 1. The largest absolute Gasteiger partial charge is 0.481 e. The molecule has 2 rings (SSSR count). The first kappa shape index (κ1) is 10.7. The van der Waals surface area contributed by atoms with E-state index in [0.717, 1.165) is 16.5 Å². The molecular formula is C13H14O3. The predicted molar refractivity (Wildman–Crippen MR) is 61.6 cm³/mol. The predicted octanol–water partition coefficient (Wildman–Crippen LogP) is 3.32. The van der Waals surface area contributed by atoms with Crippen LogP contribution < -0.4 is 0 Å². The number of furan rings is 1. The van der Waals surface area contributed by atoms with Crippen molar-refractivity contribution in [1.82, 2.24) is 0 Å². The van der Waals surface area contributed by atoms with Crippen molar-refractivity contribution in [1.29, 1.82) is 0 Å². The summed E-state index contributed by atoms with van der Waals surface area (Å²) in [4.78, 5) is 11.1. The molecule has 1 atom stereocenters. The number of rotatable bonds is 3. The van der Waals surface area contributed by atoms with Crippen molar-refractivity contribution in [3.05, 3.63) is 35.6 Å². The van der Waals surface area contributed by atoms with Gasteiger partial charge in [0.15, 0.2) is 0 Å². The van der Waals surface area contributed by atoms with Gasteiger partial charge in [-0.2, -0.15) is 0 Å². The Morgan fingerprint density at radius 1 is 1.44 bits per heavy atom. The average Bonchev–Trinajstić information content (AvgIpc) is 2.58. The molecule has 3 nitrogen and oxygen atoms in total. The Hall–Kier alpha value is -1.77. The highest BCUT2D eigenvalue weighted by atomic mass is 16.4. The summed E-state index contributed by atoms with van der Waals surface area (Å²) >= 11 is 0. The second kappa shape index (κ2) is 4.00. The van der Waals surface area contributed by atoms with Crippen molar-refractivity contribution in [2.75, 3.05) is 0 Å². The molecule has 0 saturated carbocycles. The van der Waals surface area contributed by atoms with Gasteiger partial charge >= 0.3 is 5.97 Å². The summed E-state index contributed by atoms with van der Waals surface area (Å²) in [5.41, 5.74) is 1.69. The summed E-state index contributed by atoms with van der Waals surface area (Å²) in [7, 11) is 0. The summed E-state index contributed by atoms with van der Waals surface area (Å²) in [5.74, 6) is -0.798. The van der Waals surface area contributed by atoms with Crippen molar-refractivity contribution in [2.45, 2.75) is 26.2 Å². The van der Waals surface area contributed by atoms with Gasteiger partial charge in [0.05, 0.1) is 0 Å². The zero-order valence-electron chi connectivity index (χ0n) is 9.36. The van der Waals surface area contributed by atoms with Crippen LogP contribution in [0.4, 0.5) is 0 Å². The highest BCUT2D eigenvalue weighted by Gasteiger charge is 2.24. The van der Waals surface area contributed by atoms with Gasteiger partial charge in [-0.05, 0) is 25.0 Å². The molecular weight excluding hydrogens is 204 g/mol. The molecule has 3 heteroatoms. The summed E-state index contributed by atoms with van der Waals surface area (Å²) < 4.78 is 5.63. The number of aliphatic carboxylic acids is 1. The number of aryl methyl sites for hydroxylation is 1. The Balaban J connectivity index is 2.60. The van der Waals surface area contributed by atoms with Crippen molar-refractivity contribution >= 4 is 16.9 Å². The van der Waals surface area contributed by atoms with Crippen molar-refractivity contribution < 1.29 is 14.3 Å². The Morgan fingerprint density at radius 2 is 2.12 bits per heavy atom. The third kappa shape index (κ3) is 1.58. The fourth-order valence-corrected chi connectivity index (χ4v) is 2.00.